The Hall–Kier alpha value is -1.26. The van der Waals surface area contributed by atoms with Crippen molar-refractivity contribution in [1.82, 2.24) is 5.32 Å². The molecule has 0 unspecified atom stereocenters. The van der Waals surface area contributed by atoms with Crippen LogP contribution in [0.1, 0.15) is 20.8 Å². The molecule has 1 aliphatic rings. The predicted molar refractivity (Wildman–Crippen MR) is 52.5 cm³/mol. The van der Waals surface area contributed by atoms with Crippen molar-refractivity contribution in [3.05, 3.63) is 0 Å². The van der Waals surface area contributed by atoms with Gasteiger partial charge in [-0.05, 0) is 20.8 Å². The van der Waals surface area contributed by atoms with Crippen LogP contribution in [0.4, 0.5) is 4.79 Å². The molecule has 0 fully saturated rings. The second-order valence-corrected chi connectivity index (χ2v) is 3.98. The smallest absolute Gasteiger partial charge is 0.408 e. The van der Waals surface area contributed by atoms with Crippen LogP contribution in [0, 0.1) is 0 Å². The molecule has 0 aromatic heterocycles. The van der Waals surface area contributed by atoms with Gasteiger partial charge in [-0.25, -0.2) is 4.79 Å². The number of carbonyl (C=O) groups excluding carboxylic acids is 1. The van der Waals surface area contributed by atoms with Gasteiger partial charge in [0.25, 0.3) is 0 Å². The lowest BCUT2D eigenvalue weighted by Gasteiger charge is -2.19. The summed E-state index contributed by atoms with van der Waals surface area (Å²) in [4.78, 5) is 15.2. The van der Waals surface area contributed by atoms with Gasteiger partial charge in [-0.3, -0.25) is 4.99 Å². The molecule has 5 heteroatoms. The van der Waals surface area contributed by atoms with Crippen molar-refractivity contribution in [3.63, 3.8) is 0 Å². The maximum absolute atomic E-state index is 11.2. The van der Waals surface area contributed by atoms with Crippen molar-refractivity contribution in [3.8, 4) is 0 Å². The molecule has 0 saturated carbocycles. The first-order valence-corrected chi connectivity index (χ1v) is 4.60. The highest BCUT2D eigenvalue weighted by Crippen LogP contribution is 2.06. The van der Waals surface area contributed by atoms with E-state index in [1.165, 1.54) is 0 Å². The number of nitrogens with zero attached hydrogens (tertiary/aromatic N) is 1. The molecular weight excluding hydrogens is 184 g/mol. The molecule has 14 heavy (non-hydrogen) atoms. The van der Waals surface area contributed by atoms with Crippen LogP contribution in [0.3, 0.4) is 0 Å². The number of ether oxygens (including phenoxy) is 2. The summed E-state index contributed by atoms with van der Waals surface area (Å²) in [6.45, 7) is 7.02. The zero-order valence-corrected chi connectivity index (χ0v) is 8.79. The van der Waals surface area contributed by atoms with Gasteiger partial charge >= 0.3 is 6.09 Å². The minimum atomic E-state index is -0.470. The second kappa shape index (κ2) is 4.30. The first-order chi connectivity index (χ1) is 6.47. The number of carbonyl (C=O) groups is 1. The zero-order chi connectivity index (χ0) is 10.6. The Balaban J connectivity index is 2.21. The maximum Gasteiger partial charge on any atom is 0.408 e. The molecule has 80 valence electrons. The van der Waals surface area contributed by atoms with Gasteiger partial charge < -0.3 is 14.8 Å². The first-order valence-electron chi connectivity index (χ1n) is 4.60. The normalized spacial score (nSPS) is 15.8. The van der Waals surface area contributed by atoms with Gasteiger partial charge in [0.15, 0.2) is 0 Å². The summed E-state index contributed by atoms with van der Waals surface area (Å²) in [5, 5.41) is 2.56. The Kier molecular flexibility index (Phi) is 3.33. The highest BCUT2D eigenvalue weighted by molar-refractivity contribution is 5.83. The molecule has 0 bridgehead atoms. The molecule has 1 amide bonds. The minimum Gasteiger partial charge on any atom is -0.478 e. The fraction of sp³-hybridized carbons (Fsp3) is 0.778. The Morgan fingerprint density at radius 1 is 1.64 bits per heavy atom. The van der Waals surface area contributed by atoms with Crippen molar-refractivity contribution in [2.45, 2.75) is 26.4 Å². The van der Waals surface area contributed by atoms with Crippen molar-refractivity contribution in [1.29, 1.82) is 0 Å². The SMILES string of the molecule is CC(C)(C)OC(=O)NCC1=NCCO1. The molecule has 0 spiro atoms. The lowest BCUT2D eigenvalue weighted by atomic mass is 10.2. The minimum absolute atomic E-state index is 0.301. The fourth-order valence-corrected chi connectivity index (χ4v) is 0.948. The van der Waals surface area contributed by atoms with Gasteiger partial charge in [0, 0.05) is 0 Å². The van der Waals surface area contributed by atoms with E-state index in [9.17, 15) is 4.79 Å². The standard InChI is InChI=1S/C9H16N2O3/c1-9(2,3)14-8(12)11-6-7-10-4-5-13-7/h4-6H2,1-3H3,(H,11,12). The summed E-state index contributed by atoms with van der Waals surface area (Å²) in [5.74, 6) is 0.566. The molecule has 1 aliphatic heterocycles. The van der Waals surface area contributed by atoms with E-state index in [-0.39, 0.29) is 0 Å². The highest BCUT2D eigenvalue weighted by atomic mass is 16.6. The van der Waals surface area contributed by atoms with E-state index in [1.54, 1.807) is 0 Å². The molecule has 0 atom stereocenters. The number of alkyl carbamates (subject to hydrolysis) is 1. The summed E-state index contributed by atoms with van der Waals surface area (Å²) in [6.07, 6.45) is -0.448. The molecule has 0 aromatic carbocycles. The largest absolute Gasteiger partial charge is 0.478 e. The molecule has 0 aromatic rings. The molecule has 1 rings (SSSR count). The Morgan fingerprint density at radius 2 is 2.36 bits per heavy atom. The molecule has 0 saturated heterocycles. The lowest BCUT2D eigenvalue weighted by Crippen LogP contribution is -2.35. The third kappa shape index (κ3) is 4.11. The average molecular weight is 200 g/mol. The number of aliphatic imine (C=N–C) groups is 1. The maximum atomic E-state index is 11.2. The van der Waals surface area contributed by atoms with Gasteiger partial charge in [0.1, 0.15) is 12.2 Å². The van der Waals surface area contributed by atoms with E-state index in [4.69, 9.17) is 9.47 Å². The van der Waals surface area contributed by atoms with E-state index < -0.39 is 11.7 Å². The van der Waals surface area contributed by atoms with Crippen molar-refractivity contribution >= 4 is 12.0 Å². The zero-order valence-electron chi connectivity index (χ0n) is 8.79. The Morgan fingerprint density at radius 3 is 2.86 bits per heavy atom. The summed E-state index contributed by atoms with van der Waals surface area (Å²) < 4.78 is 10.2. The number of hydrogen-bond donors (Lipinski definition) is 1. The quantitative estimate of drug-likeness (QED) is 0.721. The Labute approximate surface area is 83.5 Å². The monoisotopic (exact) mass is 200 g/mol. The van der Waals surface area contributed by atoms with Crippen LogP contribution in [-0.2, 0) is 9.47 Å². The van der Waals surface area contributed by atoms with Crippen LogP contribution >= 0.6 is 0 Å². The van der Waals surface area contributed by atoms with Gasteiger partial charge in [-0.15, -0.1) is 0 Å². The van der Waals surface area contributed by atoms with Gasteiger partial charge in [0.05, 0.1) is 13.1 Å². The van der Waals surface area contributed by atoms with E-state index in [2.05, 4.69) is 10.3 Å². The van der Waals surface area contributed by atoms with Crippen LogP contribution in [0.2, 0.25) is 0 Å². The van der Waals surface area contributed by atoms with Crippen LogP contribution < -0.4 is 5.32 Å². The van der Waals surface area contributed by atoms with Crippen molar-refractivity contribution in [2.24, 2.45) is 4.99 Å². The number of hydrogen-bond acceptors (Lipinski definition) is 4. The van der Waals surface area contributed by atoms with E-state index in [0.717, 1.165) is 0 Å². The third-order valence-electron chi connectivity index (χ3n) is 1.43. The summed E-state index contributed by atoms with van der Waals surface area (Å²) in [5.41, 5.74) is -0.470. The van der Waals surface area contributed by atoms with Crippen molar-refractivity contribution < 1.29 is 14.3 Å². The van der Waals surface area contributed by atoms with Crippen LogP contribution in [-0.4, -0.2) is 37.3 Å². The summed E-state index contributed by atoms with van der Waals surface area (Å²) >= 11 is 0. The molecule has 1 heterocycles. The fourth-order valence-electron chi connectivity index (χ4n) is 0.948. The van der Waals surface area contributed by atoms with Crippen LogP contribution in [0.25, 0.3) is 0 Å². The van der Waals surface area contributed by atoms with Gasteiger partial charge in [0.2, 0.25) is 5.90 Å². The van der Waals surface area contributed by atoms with E-state index >= 15 is 0 Å². The molecule has 0 aliphatic carbocycles. The Bertz CT molecular complexity index is 243. The predicted octanol–water partition coefficient (Wildman–Crippen LogP) is 0.940. The average Bonchev–Trinajstić information content (AvgIpc) is 2.49. The van der Waals surface area contributed by atoms with Gasteiger partial charge in [-0.2, -0.15) is 0 Å². The van der Waals surface area contributed by atoms with E-state index in [1.807, 2.05) is 20.8 Å². The van der Waals surface area contributed by atoms with E-state index in [0.29, 0.717) is 25.6 Å². The molecule has 1 N–H and O–H groups in total. The van der Waals surface area contributed by atoms with Crippen molar-refractivity contribution in [2.75, 3.05) is 19.7 Å². The molecular formula is C9H16N2O3. The molecule has 5 nitrogen and oxygen atoms in total. The van der Waals surface area contributed by atoms with Gasteiger partial charge in [-0.1, -0.05) is 0 Å². The second-order valence-electron chi connectivity index (χ2n) is 3.98. The molecule has 0 radical (unpaired) electrons. The number of rotatable bonds is 2. The summed E-state index contributed by atoms with van der Waals surface area (Å²) in [7, 11) is 0. The highest BCUT2D eigenvalue weighted by Gasteiger charge is 2.16. The van der Waals surface area contributed by atoms with Crippen LogP contribution in [0.15, 0.2) is 4.99 Å². The first kappa shape index (κ1) is 10.8. The third-order valence-corrected chi connectivity index (χ3v) is 1.43. The number of nitrogens with one attached hydrogen (secondary N) is 1. The summed E-state index contributed by atoms with van der Waals surface area (Å²) in [6, 6.07) is 0. The number of amides is 1. The van der Waals surface area contributed by atoms with Crippen LogP contribution in [0.5, 0.6) is 0 Å². The lowest BCUT2D eigenvalue weighted by molar-refractivity contribution is 0.0533. The topological polar surface area (TPSA) is 59.9 Å².